The van der Waals surface area contributed by atoms with Gasteiger partial charge in [-0.3, -0.25) is 10.1 Å². The van der Waals surface area contributed by atoms with E-state index in [-0.39, 0.29) is 22.9 Å². The molecule has 4 aromatic rings. The summed E-state index contributed by atoms with van der Waals surface area (Å²) in [4.78, 5) is 30.8. The third-order valence-corrected chi connectivity index (χ3v) is 8.43. The molecule has 2 N–H and O–H groups in total. The van der Waals surface area contributed by atoms with Crippen molar-refractivity contribution in [1.29, 1.82) is 0 Å². The lowest BCUT2D eigenvalue weighted by Gasteiger charge is -2.32. The van der Waals surface area contributed by atoms with E-state index in [1.807, 2.05) is 10.5 Å². The predicted molar refractivity (Wildman–Crippen MR) is 136 cm³/mol. The van der Waals surface area contributed by atoms with Crippen molar-refractivity contribution < 1.29 is 18.7 Å². The van der Waals surface area contributed by atoms with E-state index in [2.05, 4.69) is 10.6 Å². The quantitative estimate of drug-likeness (QED) is 0.359. The van der Waals surface area contributed by atoms with Crippen molar-refractivity contribution in [2.75, 3.05) is 12.4 Å². The first-order valence-electron chi connectivity index (χ1n) is 11.8. The van der Waals surface area contributed by atoms with Gasteiger partial charge < -0.3 is 14.5 Å². The molecular weight excluding hydrogens is 518 g/mol. The highest BCUT2D eigenvalue weighted by atomic mass is 35.5. The van der Waals surface area contributed by atoms with Crippen LogP contribution >= 0.6 is 23.2 Å². The number of imidazole rings is 1. The summed E-state index contributed by atoms with van der Waals surface area (Å²) in [6.45, 7) is 0. The molecule has 0 bridgehead atoms. The lowest BCUT2D eigenvalue weighted by molar-refractivity contribution is -0.122. The molecule has 1 fully saturated rings. The number of halogens is 3. The van der Waals surface area contributed by atoms with E-state index >= 15 is 4.39 Å². The van der Waals surface area contributed by atoms with Gasteiger partial charge in [0.1, 0.15) is 17.0 Å². The second-order valence-electron chi connectivity index (χ2n) is 9.63. The fourth-order valence-corrected chi connectivity index (χ4v) is 6.84. The summed E-state index contributed by atoms with van der Waals surface area (Å²) in [5.74, 6) is -2.28. The Balaban J connectivity index is 1.46. The van der Waals surface area contributed by atoms with E-state index in [0.717, 1.165) is 11.4 Å². The maximum absolute atomic E-state index is 15.7. The summed E-state index contributed by atoms with van der Waals surface area (Å²) in [5.41, 5.74) is 3.07. The van der Waals surface area contributed by atoms with Gasteiger partial charge in [0.25, 0.3) is 0 Å². The van der Waals surface area contributed by atoms with Gasteiger partial charge in [-0.25, -0.2) is 14.2 Å². The number of carbonyl (C=O) groups is 2. The molecule has 10 heteroatoms. The molecule has 186 valence electrons. The Morgan fingerprint density at radius 3 is 2.86 bits per heavy atom. The van der Waals surface area contributed by atoms with E-state index in [1.165, 1.54) is 13.2 Å². The molecule has 4 heterocycles. The number of amides is 1. The number of hydrogen-bond donors (Lipinski definition) is 2. The van der Waals surface area contributed by atoms with Gasteiger partial charge in [-0.2, -0.15) is 0 Å². The number of methoxy groups -OCH3 is 1. The zero-order valence-electron chi connectivity index (χ0n) is 19.4. The first kappa shape index (κ1) is 22.7. The lowest BCUT2D eigenvalue weighted by atomic mass is 9.71. The Labute approximate surface area is 220 Å². The second-order valence-corrected chi connectivity index (χ2v) is 10.5. The molecular formula is C27H19Cl2FN4O3. The highest BCUT2D eigenvalue weighted by Gasteiger charge is 2.65. The first-order chi connectivity index (χ1) is 17.8. The number of hydrogen-bond acceptors (Lipinski definition) is 5. The molecule has 4 atom stereocenters. The number of esters is 1. The van der Waals surface area contributed by atoms with Crippen molar-refractivity contribution in [2.45, 2.75) is 29.8 Å². The Bertz CT molecular complexity index is 1670. The van der Waals surface area contributed by atoms with Crippen LogP contribution in [0.3, 0.4) is 0 Å². The normalized spacial score (nSPS) is 25.3. The van der Waals surface area contributed by atoms with Crippen molar-refractivity contribution in [3.05, 3.63) is 98.7 Å². The summed E-state index contributed by atoms with van der Waals surface area (Å²) >= 11 is 12.5. The number of fused-ring (bicyclic) bond motifs is 7. The molecule has 0 saturated carbocycles. The molecule has 1 spiro atoms. The van der Waals surface area contributed by atoms with Gasteiger partial charge in [0.05, 0.1) is 23.4 Å². The van der Waals surface area contributed by atoms with Crippen LogP contribution in [0.5, 0.6) is 0 Å². The molecule has 3 aliphatic rings. The van der Waals surface area contributed by atoms with Gasteiger partial charge in [0, 0.05) is 52.5 Å². The minimum absolute atomic E-state index is 0.0122. The SMILES string of the molecule is COC(=O)c1ccn2c3c(nc2c1)[C@@H]1[C@H](C3)N[C@@]2(C(=O)Nc3cc(Cl)ccc32)[C@H]1c1cccc(Cl)c1F. The molecule has 2 aromatic heterocycles. The van der Waals surface area contributed by atoms with Crippen LogP contribution in [0.15, 0.2) is 54.7 Å². The number of anilines is 1. The maximum Gasteiger partial charge on any atom is 0.338 e. The van der Waals surface area contributed by atoms with Crippen molar-refractivity contribution in [1.82, 2.24) is 14.7 Å². The summed E-state index contributed by atoms with van der Waals surface area (Å²) < 4.78 is 22.5. The molecule has 1 amide bonds. The number of ether oxygens (including phenoxy) is 1. The van der Waals surface area contributed by atoms with Crippen LogP contribution in [0.4, 0.5) is 10.1 Å². The molecule has 1 saturated heterocycles. The van der Waals surface area contributed by atoms with E-state index < -0.39 is 23.2 Å². The standard InChI is InChI=1S/C27H19Cl2FN4O3/c1-37-25(35)12-7-8-34-19-11-18-21(24(19)32-20(34)9-12)22(14-3-2-4-16(29)23(14)30)27(33-18)15-6-5-13(28)10-17(15)31-26(27)36/h2-10,18,21-22,33H,11H2,1H3,(H,31,36)/t18-,21+,22-,27+/m0/s1. The van der Waals surface area contributed by atoms with E-state index in [4.69, 9.17) is 32.9 Å². The van der Waals surface area contributed by atoms with Crippen molar-refractivity contribution in [2.24, 2.45) is 0 Å². The van der Waals surface area contributed by atoms with Crippen LogP contribution in [0.2, 0.25) is 10.0 Å². The summed E-state index contributed by atoms with van der Waals surface area (Å²) in [7, 11) is 1.33. The molecule has 0 radical (unpaired) electrons. The van der Waals surface area contributed by atoms with Crippen LogP contribution in [-0.4, -0.2) is 34.4 Å². The number of pyridine rings is 1. The molecule has 2 aliphatic heterocycles. The minimum Gasteiger partial charge on any atom is -0.465 e. The van der Waals surface area contributed by atoms with Crippen LogP contribution in [0.25, 0.3) is 5.65 Å². The zero-order chi connectivity index (χ0) is 25.6. The number of aromatic nitrogens is 2. The Morgan fingerprint density at radius 2 is 2.05 bits per heavy atom. The average molecular weight is 537 g/mol. The van der Waals surface area contributed by atoms with E-state index in [9.17, 15) is 9.59 Å². The average Bonchev–Trinajstić information content (AvgIpc) is 3.58. The second kappa shape index (κ2) is 7.77. The van der Waals surface area contributed by atoms with Crippen LogP contribution in [0.1, 0.15) is 44.7 Å². The highest BCUT2D eigenvalue weighted by molar-refractivity contribution is 6.31. The smallest absolute Gasteiger partial charge is 0.338 e. The number of nitrogens with zero attached hydrogens (tertiary/aromatic N) is 2. The molecule has 37 heavy (non-hydrogen) atoms. The summed E-state index contributed by atoms with van der Waals surface area (Å²) in [6.07, 6.45) is 2.36. The van der Waals surface area contributed by atoms with Gasteiger partial charge in [0.15, 0.2) is 0 Å². The maximum atomic E-state index is 15.7. The zero-order valence-corrected chi connectivity index (χ0v) is 20.9. The lowest BCUT2D eigenvalue weighted by Crippen LogP contribution is -2.49. The Kier molecular flexibility index (Phi) is 4.77. The van der Waals surface area contributed by atoms with Crippen LogP contribution in [0, 0.1) is 5.82 Å². The highest BCUT2D eigenvalue weighted by Crippen LogP contribution is 2.60. The predicted octanol–water partition coefficient (Wildman–Crippen LogP) is 4.81. The number of rotatable bonds is 2. The first-order valence-corrected chi connectivity index (χ1v) is 12.5. The van der Waals surface area contributed by atoms with Gasteiger partial charge in [-0.1, -0.05) is 41.4 Å². The topological polar surface area (TPSA) is 84.7 Å². The monoisotopic (exact) mass is 536 g/mol. The third-order valence-electron chi connectivity index (χ3n) is 7.91. The van der Waals surface area contributed by atoms with E-state index in [1.54, 1.807) is 42.6 Å². The molecule has 7 rings (SSSR count). The molecule has 1 aliphatic carbocycles. The largest absolute Gasteiger partial charge is 0.465 e. The van der Waals surface area contributed by atoms with E-state index in [0.29, 0.717) is 39.5 Å². The number of nitrogens with one attached hydrogen (secondary N) is 2. The fourth-order valence-electron chi connectivity index (χ4n) is 6.48. The van der Waals surface area contributed by atoms with Crippen molar-refractivity contribution >= 4 is 46.4 Å². The van der Waals surface area contributed by atoms with Gasteiger partial charge >= 0.3 is 5.97 Å². The molecule has 2 aromatic carbocycles. The third kappa shape index (κ3) is 2.94. The minimum atomic E-state index is -1.24. The fraction of sp³-hybridized carbons (Fsp3) is 0.222. The van der Waals surface area contributed by atoms with Crippen LogP contribution < -0.4 is 10.6 Å². The van der Waals surface area contributed by atoms with Gasteiger partial charge in [-0.15, -0.1) is 0 Å². The van der Waals surface area contributed by atoms with Gasteiger partial charge in [0.2, 0.25) is 5.91 Å². The Morgan fingerprint density at radius 1 is 1.22 bits per heavy atom. The van der Waals surface area contributed by atoms with Crippen molar-refractivity contribution in [3.63, 3.8) is 0 Å². The summed E-state index contributed by atoms with van der Waals surface area (Å²) in [5, 5.41) is 7.02. The van der Waals surface area contributed by atoms with Crippen LogP contribution in [-0.2, 0) is 21.5 Å². The molecule has 0 unspecified atom stereocenters. The Hall–Kier alpha value is -3.46. The number of benzene rings is 2. The number of carbonyl (C=O) groups excluding carboxylic acids is 2. The molecule has 7 nitrogen and oxygen atoms in total. The van der Waals surface area contributed by atoms with Crippen molar-refractivity contribution in [3.8, 4) is 0 Å². The summed E-state index contributed by atoms with van der Waals surface area (Å²) in [6, 6.07) is 13.3. The van der Waals surface area contributed by atoms with Gasteiger partial charge in [-0.05, 0) is 35.9 Å².